The van der Waals surface area contributed by atoms with Gasteiger partial charge in [-0.3, -0.25) is 4.79 Å². The SMILES string of the molecule is COc1ccc(Cl)cc1N=C1NC(=O)/C(=C/c2c(OCc3ccc(Cl)cc3)ccc3ccccc23)S1. The molecule has 5 rings (SSSR count). The van der Waals surface area contributed by atoms with Gasteiger partial charge in [0.15, 0.2) is 5.17 Å². The molecular weight excluding hydrogens is 515 g/mol. The van der Waals surface area contributed by atoms with Crippen LogP contribution in [-0.4, -0.2) is 18.2 Å². The molecule has 5 nitrogen and oxygen atoms in total. The van der Waals surface area contributed by atoms with Gasteiger partial charge in [0, 0.05) is 15.6 Å². The molecule has 0 saturated carbocycles. The number of hydrogen-bond donors (Lipinski definition) is 1. The van der Waals surface area contributed by atoms with Gasteiger partial charge in [-0.15, -0.1) is 0 Å². The van der Waals surface area contributed by atoms with Gasteiger partial charge in [-0.2, -0.15) is 0 Å². The maximum absolute atomic E-state index is 12.9. The lowest BCUT2D eigenvalue weighted by Crippen LogP contribution is -2.19. The first kappa shape index (κ1) is 24.3. The molecule has 1 saturated heterocycles. The summed E-state index contributed by atoms with van der Waals surface area (Å²) in [6.45, 7) is 0.367. The van der Waals surface area contributed by atoms with Crippen molar-refractivity contribution in [1.82, 2.24) is 5.32 Å². The number of hydrogen-bond acceptors (Lipinski definition) is 5. The second-order valence-electron chi connectivity index (χ2n) is 7.91. The quantitative estimate of drug-likeness (QED) is 0.258. The highest BCUT2D eigenvalue weighted by molar-refractivity contribution is 8.18. The molecule has 8 heteroatoms. The maximum Gasteiger partial charge on any atom is 0.264 e. The van der Waals surface area contributed by atoms with Gasteiger partial charge in [-0.25, -0.2) is 4.99 Å². The van der Waals surface area contributed by atoms with Gasteiger partial charge < -0.3 is 14.8 Å². The number of amides is 1. The van der Waals surface area contributed by atoms with Crippen molar-refractivity contribution in [2.24, 2.45) is 4.99 Å². The third-order valence-electron chi connectivity index (χ3n) is 5.53. The molecule has 0 atom stereocenters. The van der Waals surface area contributed by atoms with Gasteiger partial charge in [0.1, 0.15) is 23.8 Å². The van der Waals surface area contributed by atoms with E-state index >= 15 is 0 Å². The first-order valence-corrected chi connectivity index (χ1v) is 12.6. The molecule has 0 bridgehead atoms. The van der Waals surface area contributed by atoms with Crippen molar-refractivity contribution in [3.63, 3.8) is 0 Å². The van der Waals surface area contributed by atoms with Crippen LogP contribution in [0.1, 0.15) is 11.1 Å². The summed E-state index contributed by atoms with van der Waals surface area (Å²) in [7, 11) is 1.56. The zero-order chi connectivity index (χ0) is 25.1. The number of rotatable bonds is 6. The molecule has 0 spiro atoms. The molecule has 1 aliphatic rings. The number of benzene rings is 4. The van der Waals surface area contributed by atoms with E-state index in [-0.39, 0.29) is 5.91 Å². The van der Waals surface area contributed by atoms with E-state index in [2.05, 4.69) is 10.3 Å². The standard InChI is InChI=1S/C28H20Cl2N2O3S/c1-34-25-13-11-20(30)14-23(25)31-28-32-27(33)26(36-28)15-22-21-5-3-2-4-18(21)8-12-24(22)35-16-17-6-9-19(29)10-7-17/h2-15H,16H2,1H3,(H,31,32,33)/b26-15-. The first-order chi connectivity index (χ1) is 17.5. The van der Waals surface area contributed by atoms with Crippen molar-refractivity contribution < 1.29 is 14.3 Å². The minimum Gasteiger partial charge on any atom is -0.494 e. The largest absolute Gasteiger partial charge is 0.494 e. The zero-order valence-electron chi connectivity index (χ0n) is 19.1. The smallest absolute Gasteiger partial charge is 0.264 e. The Morgan fingerprint density at radius 3 is 2.50 bits per heavy atom. The van der Waals surface area contributed by atoms with Gasteiger partial charge in [-0.05, 0) is 70.6 Å². The summed E-state index contributed by atoms with van der Waals surface area (Å²) in [5.74, 6) is 0.994. The highest BCUT2D eigenvalue weighted by atomic mass is 35.5. The number of fused-ring (bicyclic) bond motifs is 1. The number of aliphatic imine (C=N–C) groups is 1. The number of nitrogens with zero attached hydrogens (tertiary/aromatic N) is 1. The van der Waals surface area contributed by atoms with Gasteiger partial charge in [0.25, 0.3) is 5.91 Å². The number of nitrogens with one attached hydrogen (secondary N) is 1. The van der Waals surface area contributed by atoms with Crippen molar-refractivity contribution in [2.45, 2.75) is 6.61 Å². The normalized spacial score (nSPS) is 15.5. The van der Waals surface area contributed by atoms with Crippen LogP contribution in [0.25, 0.3) is 16.8 Å². The van der Waals surface area contributed by atoms with E-state index in [4.69, 9.17) is 32.7 Å². The molecule has 4 aromatic rings. The summed E-state index contributed by atoms with van der Waals surface area (Å²) in [5.41, 5.74) is 2.34. The summed E-state index contributed by atoms with van der Waals surface area (Å²) >= 11 is 13.4. The summed E-state index contributed by atoms with van der Waals surface area (Å²) in [6.07, 6.45) is 1.84. The lowest BCUT2D eigenvalue weighted by Gasteiger charge is -2.13. The van der Waals surface area contributed by atoms with Crippen molar-refractivity contribution in [3.05, 3.63) is 105 Å². The lowest BCUT2D eigenvalue weighted by molar-refractivity contribution is -0.115. The molecule has 180 valence electrons. The van der Waals surface area contributed by atoms with Crippen LogP contribution in [0, 0.1) is 0 Å². The van der Waals surface area contributed by atoms with E-state index in [0.717, 1.165) is 21.9 Å². The van der Waals surface area contributed by atoms with Crippen LogP contribution in [0.5, 0.6) is 11.5 Å². The molecule has 4 aromatic carbocycles. The Morgan fingerprint density at radius 2 is 1.69 bits per heavy atom. The van der Waals surface area contributed by atoms with Crippen LogP contribution in [0.4, 0.5) is 5.69 Å². The Hall–Kier alpha value is -3.45. The van der Waals surface area contributed by atoms with E-state index in [1.165, 1.54) is 11.8 Å². The van der Waals surface area contributed by atoms with Crippen molar-refractivity contribution in [3.8, 4) is 11.5 Å². The Labute approximate surface area is 222 Å². The minimum absolute atomic E-state index is 0.240. The fourth-order valence-corrected chi connectivity index (χ4v) is 4.87. The molecule has 1 heterocycles. The minimum atomic E-state index is -0.240. The molecule has 1 aliphatic heterocycles. The second kappa shape index (κ2) is 10.7. The van der Waals surface area contributed by atoms with E-state index < -0.39 is 0 Å². The number of thioether (sulfide) groups is 1. The Bertz CT molecular complexity index is 1520. The molecule has 1 amide bonds. The highest BCUT2D eigenvalue weighted by Crippen LogP contribution is 2.37. The second-order valence-corrected chi connectivity index (χ2v) is 9.82. The number of halogens is 2. The molecule has 0 radical (unpaired) electrons. The average Bonchev–Trinajstić information content (AvgIpc) is 3.23. The Kier molecular flexibility index (Phi) is 7.18. The molecular formula is C28H20Cl2N2O3S. The maximum atomic E-state index is 12.9. The molecule has 1 fully saturated rings. The van der Waals surface area contributed by atoms with E-state index in [1.54, 1.807) is 25.3 Å². The monoisotopic (exact) mass is 534 g/mol. The van der Waals surface area contributed by atoms with Crippen LogP contribution in [0.2, 0.25) is 10.0 Å². The van der Waals surface area contributed by atoms with Crippen LogP contribution in [0.3, 0.4) is 0 Å². The predicted octanol–water partition coefficient (Wildman–Crippen LogP) is 7.63. The van der Waals surface area contributed by atoms with Crippen LogP contribution in [0.15, 0.2) is 88.8 Å². The van der Waals surface area contributed by atoms with Crippen LogP contribution >= 0.6 is 35.0 Å². The molecule has 36 heavy (non-hydrogen) atoms. The van der Waals surface area contributed by atoms with Gasteiger partial charge >= 0.3 is 0 Å². The summed E-state index contributed by atoms with van der Waals surface area (Å²) in [5, 5.41) is 6.49. The van der Waals surface area contributed by atoms with Gasteiger partial charge in [-0.1, -0.05) is 65.7 Å². The Balaban J connectivity index is 1.49. The first-order valence-electron chi connectivity index (χ1n) is 11.0. The average molecular weight is 535 g/mol. The lowest BCUT2D eigenvalue weighted by atomic mass is 10.0. The molecule has 0 aromatic heterocycles. The highest BCUT2D eigenvalue weighted by Gasteiger charge is 2.25. The summed E-state index contributed by atoms with van der Waals surface area (Å²) < 4.78 is 11.6. The third kappa shape index (κ3) is 5.36. The van der Waals surface area contributed by atoms with Gasteiger partial charge in [0.05, 0.1) is 12.0 Å². The van der Waals surface area contributed by atoms with Crippen LogP contribution < -0.4 is 14.8 Å². The molecule has 0 unspecified atom stereocenters. The number of carbonyl (C=O) groups excluding carboxylic acids is 1. The molecule has 1 N–H and O–H groups in total. The predicted molar refractivity (Wildman–Crippen MR) is 149 cm³/mol. The third-order valence-corrected chi connectivity index (χ3v) is 6.92. The fraction of sp³-hybridized carbons (Fsp3) is 0.0714. The molecule has 0 aliphatic carbocycles. The number of methoxy groups -OCH3 is 1. The van der Waals surface area contributed by atoms with E-state index in [1.807, 2.05) is 66.7 Å². The summed E-state index contributed by atoms with van der Waals surface area (Å²) in [4.78, 5) is 17.9. The van der Waals surface area contributed by atoms with E-state index in [0.29, 0.717) is 43.9 Å². The van der Waals surface area contributed by atoms with Gasteiger partial charge in [0.2, 0.25) is 0 Å². The zero-order valence-corrected chi connectivity index (χ0v) is 21.5. The van der Waals surface area contributed by atoms with Crippen molar-refractivity contribution in [1.29, 1.82) is 0 Å². The topological polar surface area (TPSA) is 59.9 Å². The van der Waals surface area contributed by atoms with Crippen LogP contribution in [-0.2, 0) is 11.4 Å². The van der Waals surface area contributed by atoms with E-state index in [9.17, 15) is 4.79 Å². The number of ether oxygens (including phenoxy) is 2. The number of carbonyl (C=O) groups is 1. The van der Waals surface area contributed by atoms with Crippen molar-refractivity contribution >= 4 is 68.6 Å². The fourth-order valence-electron chi connectivity index (χ4n) is 3.76. The van der Waals surface area contributed by atoms with Crippen molar-refractivity contribution in [2.75, 3.05) is 7.11 Å². The number of amidine groups is 1. The Morgan fingerprint density at radius 1 is 0.944 bits per heavy atom. The summed E-state index contributed by atoms with van der Waals surface area (Å²) in [6, 6.07) is 24.6.